The van der Waals surface area contributed by atoms with Gasteiger partial charge in [0.1, 0.15) is 11.6 Å². The molecule has 10 heteroatoms. The van der Waals surface area contributed by atoms with Crippen molar-refractivity contribution in [2.75, 3.05) is 0 Å². The first-order chi connectivity index (χ1) is 13.5. The molecule has 0 amide bonds. The lowest BCUT2D eigenvalue weighted by Gasteiger charge is -2.03. The van der Waals surface area contributed by atoms with Crippen LogP contribution < -0.4 is 5.43 Å². The summed E-state index contributed by atoms with van der Waals surface area (Å²) >= 11 is 5.80. The van der Waals surface area contributed by atoms with Crippen LogP contribution in [0.1, 0.15) is 23.0 Å². The molecule has 0 aromatic carbocycles. The quantitative estimate of drug-likeness (QED) is 0.563. The fraction of sp³-hybridized carbons (Fsp3) is 0.222. The van der Waals surface area contributed by atoms with E-state index in [1.54, 1.807) is 18.5 Å². The minimum absolute atomic E-state index is 0.0866. The maximum absolute atomic E-state index is 11.0. The zero-order chi connectivity index (χ0) is 19.9. The Bertz CT molecular complexity index is 1100. The SMILES string of the molecule is Cc1nccn1Cc1cc(=O)cn[nH]1.Cc1nccn1Cc1cc(Cl)cnn1. The summed E-state index contributed by atoms with van der Waals surface area (Å²) < 4.78 is 3.92. The molecule has 0 aliphatic rings. The summed E-state index contributed by atoms with van der Waals surface area (Å²) in [6.07, 6.45) is 10.0. The van der Waals surface area contributed by atoms with Crippen molar-refractivity contribution in [1.82, 2.24) is 39.5 Å². The third-order valence-corrected chi connectivity index (χ3v) is 4.12. The van der Waals surface area contributed by atoms with E-state index in [9.17, 15) is 4.79 Å². The van der Waals surface area contributed by atoms with Crippen molar-refractivity contribution in [3.63, 3.8) is 0 Å². The van der Waals surface area contributed by atoms with Gasteiger partial charge < -0.3 is 9.13 Å². The standard InChI is InChI=1S/C9H9ClN4.C9H10N4O/c1-7-11-2-3-14(7)6-9-4-8(10)5-12-13-9;1-7-10-2-3-13(7)6-8-4-9(14)5-11-12-8/h2-5H,6H2,1H3;2-5H,6H2,1H3,(H,12,14). The molecule has 0 saturated carbocycles. The summed E-state index contributed by atoms with van der Waals surface area (Å²) in [6.45, 7) is 5.10. The lowest BCUT2D eigenvalue weighted by molar-refractivity contribution is 0.724. The van der Waals surface area contributed by atoms with Crippen LogP contribution in [0.25, 0.3) is 0 Å². The molecule has 0 aliphatic heterocycles. The number of nitrogens with zero attached hydrogens (tertiary/aromatic N) is 7. The van der Waals surface area contributed by atoms with Crippen LogP contribution in [0.5, 0.6) is 0 Å². The molecule has 4 heterocycles. The van der Waals surface area contributed by atoms with Gasteiger partial charge in [0.15, 0.2) is 5.43 Å². The molecular formula is C18H19ClN8O. The van der Waals surface area contributed by atoms with Crippen LogP contribution in [0, 0.1) is 13.8 Å². The van der Waals surface area contributed by atoms with Gasteiger partial charge in [0.2, 0.25) is 0 Å². The number of aryl methyl sites for hydroxylation is 2. The van der Waals surface area contributed by atoms with Gasteiger partial charge in [-0.05, 0) is 19.9 Å². The van der Waals surface area contributed by atoms with E-state index in [0.29, 0.717) is 18.1 Å². The number of aromatic nitrogens is 8. The molecule has 0 spiro atoms. The highest BCUT2D eigenvalue weighted by molar-refractivity contribution is 6.30. The van der Waals surface area contributed by atoms with Gasteiger partial charge in [0.05, 0.1) is 41.9 Å². The van der Waals surface area contributed by atoms with Gasteiger partial charge in [0.25, 0.3) is 0 Å². The normalized spacial score (nSPS) is 10.4. The summed E-state index contributed by atoms with van der Waals surface area (Å²) in [7, 11) is 0. The summed E-state index contributed by atoms with van der Waals surface area (Å²) in [5.74, 6) is 1.86. The third-order valence-electron chi connectivity index (χ3n) is 3.91. The fourth-order valence-corrected chi connectivity index (χ4v) is 2.63. The van der Waals surface area contributed by atoms with E-state index in [4.69, 9.17) is 11.6 Å². The summed E-state index contributed by atoms with van der Waals surface area (Å²) in [5.41, 5.74) is 1.52. The van der Waals surface area contributed by atoms with E-state index in [-0.39, 0.29) is 5.43 Å². The molecule has 144 valence electrons. The molecule has 28 heavy (non-hydrogen) atoms. The minimum Gasteiger partial charge on any atom is -0.329 e. The fourth-order valence-electron chi connectivity index (χ4n) is 2.46. The smallest absolute Gasteiger partial charge is 0.200 e. The molecule has 4 rings (SSSR count). The van der Waals surface area contributed by atoms with Crippen molar-refractivity contribution in [3.8, 4) is 0 Å². The van der Waals surface area contributed by atoms with Gasteiger partial charge in [-0.25, -0.2) is 9.97 Å². The summed E-state index contributed by atoms with van der Waals surface area (Å²) in [4.78, 5) is 19.2. The Morgan fingerprint density at radius 2 is 1.68 bits per heavy atom. The number of hydrogen-bond donors (Lipinski definition) is 1. The highest BCUT2D eigenvalue weighted by Crippen LogP contribution is 2.08. The largest absolute Gasteiger partial charge is 0.329 e. The minimum atomic E-state index is -0.0866. The predicted octanol–water partition coefficient (Wildman–Crippen LogP) is 2.01. The zero-order valence-electron chi connectivity index (χ0n) is 15.4. The Labute approximate surface area is 166 Å². The van der Waals surface area contributed by atoms with Crippen molar-refractivity contribution < 1.29 is 0 Å². The number of imidazole rings is 2. The topological polar surface area (TPSA) is 107 Å². The molecule has 0 unspecified atom stereocenters. The number of halogens is 1. The maximum Gasteiger partial charge on any atom is 0.200 e. The summed E-state index contributed by atoms with van der Waals surface area (Å²) in [5, 5.41) is 14.9. The Kier molecular flexibility index (Phi) is 6.28. The van der Waals surface area contributed by atoms with Crippen LogP contribution in [0.15, 0.2) is 54.1 Å². The van der Waals surface area contributed by atoms with Crippen molar-refractivity contribution in [1.29, 1.82) is 0 Å². The van der Waals surface area contributed by atoms with Crippen LogP contribution in [-0.4, -0.2) is 39.5 Å². The second-order valence-corrected chi connectivity index (χ2v) is 6.45. The van der Waals surface area contributed by atoms with Gasteiger partial charge in [-0.2, -0.15) is 15.3 Å². The predicted molar refractivity (Wildman–Crippen MR) is 104 cm³/mol. The molecule has 0 atom stereocenters. The number of aromatic amines is 1. The molecule has 1 N–H and O–H groups in total. The third kappa shape index (κ3) is 5.34. The number of hydrogen-bond acceptors (Lipinski definition) is 6. The molecule has 9 nitrogen and oxygen atoms in total. The first kappa shape index (κ1) is 19.4. The van der Waals surface area contributed by atoms with Gasteiger partial charge in [-0.15, -0.1) is 0 Å². The first-order valence-electron chi connectivity index (χ1n) is 8.47. The van der Waals surface area contributed by atoms with Crippen LogP contribution in [-0.2, 0) is 13.1 Å². The number of nitrogens with one attached hydrogen (secondary N) is 1. The van der Waals surface area contributed by atoms with Crippen LogP contribution in [0.4, 0.5) is 0 Å². The van der Waals surface area contributed by atoms with Gasteiger partial charge >= 0.3 is 0 Å². The number of rotatable bonds is 4. The monoisotopic (exact) mass is 398 g/mol. The molecule has 4 aromatic heterocycles. The second-order valence-electron chi connectivity index (χ2n) is 6.01. The average Bonchev–Trinajstić information content (AvgIpc) is 3.24. The van der Waals surface area contributed by atoms with Crippen molar-refractivity contribution in [3.05, 3.63) is 87.6 Å². The highest BCUT2D eigenvalue weighted by Gasteiger charge is 2.01. The Hall–Kier alpha value is -3.33. The van der Waals surface area contributed by atoms with E-state index in [1.807, 2.05) is 35.4 Å². The Morgan fingerprint density at radius 3 is 2.25 bits per heavy atom. The lowest BCUT2D eigenvalue weighted by atomic mass is 10.4. The molecule has 0 aliphatic carbocycles. The molecule has 4 aromatic rings. The van der Waals surface area contributed by atoms with Gasteiger partial charge in [-0.3, -0.25) is 9.89 Å². The molecule has 0 saturated heterocycles. The Morgan fingerprint density at radius 1 is 1.00 bits per heavy atom. The van der Waals surface area contributed by atoms with Crippen LogP contribution >= 0.6 is 11.6 Å². The molecule has 0 radical (unpaired) electrons. The summed E-state index contributed by atoms with van der Waals surface area (Å²) in [6, 6.07) is 3.33. The van der Waals surface area contributed by atoms with E-state index < -0.39 is 0 Å². The van der Waals surface area contributed by atoms with Gasteiger partial charge in [-0.1, -0.05) is 11.6 Å². The molecule has 0 fully saturated rings. The number of H-pyrrole nitrogens is 1. The van der Waals surface area contributed by atoms with E-state index in [0.717, 1.165) is 23.0 Å². The lowest BCUT2D eigenvalue weighted by Crippen LogP contribution is -2.09. The van der Waals surface area contributed by atoms with Crippen LogP contribution in [0.3, 0.4) is 0 Å². The van der Waals surface area contributed by atoms with E-state index in [1.165, 1.54) is 18.5 Å². The molecular weight excluding hydrogens is 380 g/mol. The molecule has 0 bridgehead atoms. The van der Waals surface area contributed by atoms with Crippen molar-refractivity contribution >= 4 is 11.6 Å². The van der Waals surface area contributed by atoms with E-state index in [2.05, 4.69) is 30.4 Å². The zero-order valence-corrected chi connectivity index (χ0v) is 16.2. The highest BCUT2D eigenvalue weighted by atomic mass is 35.5. The van der Waals surface area contributed by atoms with Crippen molar-refractivity contribution in [2.45, 2.75) is 26.9 Å². The van der Waals surface area contributed by atoms with Crippen LogP contribution in [0.2, 0.25) is 5.02 Å². The van der Waals surface area contributed by atoms with Gasteiger partial charge in [0, 0.05) is 30.9 Å². The average molecular weight is 399 g/mol. The second kappa shape index (κ2) is 9.05. The van der Waals surface area contributed by atoms with Crippen molar-refractivity contribution in [2.24, 2.45) is 0 Å². The Balaban J connectivity index is 0.000000161. The van der Waals surface area contributed by atoms with E-state index >= 15 is 0 Å². The maximum atomic E-state index is 11.0. The first-order valence-corrected chi connectivity index (χ1v) is 8.85.